The van der Waals surface area contributed by atoms with Gasteiger partial charge in [0.05, 0.1) is 17.9 Å². The van der Waals surface area contributed by atoms with Gasteiger partial charge < -0.3 is 14.5 Å². The van der Waals surface area contributed by atoms with E-state index in [9.17, 15) is 4.79 Å². The average Bonchev–Trinajstić information content (AvgIpc) is 2.35. The van der Waals surface area contributed by atoms with Crippen LogP contribution in [-0.4, -0.2) is 39.8 Å². The molecular formula is C13H17BrN2O2. The minimum atomic E-state index is 0.123. The Morgan fingerprint density at radius 2 is 2.17 bits per heavy atom. The number of carbonyl (C=O) groups excluding carboxylic acids is 1. The monoisotopic (exact) mass is 312 g/mol. The van der Waals surface area contributed by atoms with Gasteiger partial charge in [-0.2, -0.15) is 0 Å². The third-order valence-corrected chi connectivity index (χ3v) is 3.61. The SMILES string of the molecule is COCCCN1CC(=O)N(C)c2cc(Br)ccc21. The molecule has 0 saturated heterocycles. The number of halogens is 1. The molecule has 1 amide bonds. The summed E-state index contributed by atoms with van der Waals surface area (Å²) >= 11 is 3.45. The first-order chi connectivity index (χ1) is 8.63. The van der Waals surface area contributed by atoms with Crippen LogP contribution in [0.3, 0.4) is 0 Å². The Bertz CT molecular complexity index is 451. The lowest BCUT2D eigenvalue weighted by atomic mass is 10.1. The standard InChI is InChI=1S/C13H17BrN2O2/c1-15-12-8-10(14)4-5-11(12)16(9-13(15)17)6-3-7-18-2/h4-5,8H,3,6-7,9H2,1-2H3. The minimum Gasteiger partial charge on any atom is -0.385 e. The topological polar surface area (TPSA) is 32.8 Å². The number of methoxy groups -OCH3 is 1. The number of nitrogens with zero attached hydrogens (tertiary/aromatic N) is 2. The van der Waals surface area contributed by atoms with Gasteiger partial charge in [0, 0.05) is 31.8 Å². The fourth-order valence-corrected chi connectivity index (χ4v) is 2.47. The van der Waals surface area contributed by atoms with Crippen molar-refractivity contribution in [3.05, 3.63) is 22.7 Å². The van der Waals surface area contributed by atoms with Crippen LogP contribution in [0.2, 0.25) is 0 Å². The molecule has 0 N–H and O–H groups in total. The van der Waals surface area contributed by atoms with Crippen LogP contribution in [-0.2, 0) is 9.53 Å². The van der Waals surface area contributed by atoms with E-state index in [0.717, 1.165) is 28.8 Å². The summed E-state index contributed by atoms with van der Waals surface area (Å²) in [6, 6.07) is 6.04. The van der Waals surface area contributed by atoms with Crippen LogP contribution in [0, 0.1) is 0 Å². The van der Waals surface area contributed by atoms with Crippen LogP contribution < -0.4 is 9.80 Å². The van der Waals surface area contributed by atoms with Gasteiger partial charge in [0.1, 0.15) is 0 Å². The molecule has 18 heavy (non-hydrogen) atoms. The van der Waals surface area contributed by atoms with Crippen molar-refractivity contribution in [3.63, 3.8) is 0 Å². The molecule has 0 spiro atoms. The van der Waals surface area contributed by atoms with Gasteiger partial charge in [-0.15, -0.1) is 0 Å². The number of hydrogen-bond donors (Lipinski definition) is 0. The van der Waals surface area contributed by atoms with E-state index in [1.54, 1.807) is 12.0 Å². The highest BCUT2D eigenvalue weighted by Gasteiger charge is 2.26. The van der Waals surface area contributed by atoms with Gasteiger partial charge in [0.2, 0.25) is 5.91 Å². The number of likely N-dealkylation sites (N-methyl/N-ethyl adjacent to an activating group) is 1. The van der Waals surface area contributed by atoms with E-state index in [1.807, 2.05) is 19.2 Å². The summed E-state index contributed by atoms with van der Waals surface area (Å²) in [4.78, 5) is 15.8. The quantitative estimate of drug-likeness (QED) is 0.800. The molecular weight excluding hydrogens is 296 g/mol. The Balaban J connectivity index is 2.24. The number of carbonyl (C=O) groups is 1. The first-order valence-corrected chi connectivity index (χ1v) is 6.73. The smallest absolute Gasteiger partial charge is 0.246 e. The fourth-order valence-electron chi connectivity index (χ4n) is 2.12. The van der Waals surface area contributed by atoms with Crippen molar-refractivity contribution in [2.75, 3.05) is 43.7 Å². The summed E-state index contributed by atoms with van der Waals surface area (Å²) in [5.41, 5.74) is 2.06. The molecule has 2 rings (SSSR count). The number of fused-ring (bicyclic) bond motifs is 1. The molecule has 1 aromatic rings. The Morgan fingerprint density at radius 3 is 2.89 bits per heavy atom. The third-order valence-electron chi connectivity index (χ3n) is 3.12. The van der Waals surface area contributed by atoms with E-state index in [0.29, 0.717) is 13.2 Å². The molecule has 0 radical (unpaired) electrons. The van der Waals surface area contributed by atoms with E-state index in [2.05, 4.69) is 26.9 Å². The Kier molecular flexibility index (Phi) is 4.24. The van der Waals surface area contributed by atoms with Gasteiger partial charge in [-0.3, -0.25) is 4.79 Å². The van der Waals surface area contributed by atoms with Crippen LogP contribution in [0.5, 0.6) is 0 Å². The zero-order valence-electron chi connectivity index (χ0n) is 10.6. The average molecular weight is 313 g/mol. The number of rotatable bonds is 4. The molecule has 4 nitrogen and oxygen atoms in total. The molecule has 0 saturated carbocycles. The maximum atomic E-state index is 11.9. The van der Waals surface area contributed by atoms with E-state index in [1.165, 1.54) is 0 Å². The number of anilines is 2. The zero-order chi connectivity index (χ0) is 13.1. The van der Waals surface area contributed by atoms with Crippen molar-refractivity contribution in [3.8, 4) is 0 Å². The second-order valence-corrected chi connectivity index (χ2v) is 5.27. The van der Waals surface area contributed by atoms with Crippen LogP contribution in [0.25, 0.3) is 0 Å². The maximum absolute atomic E-state index is 11.9. The van der Waals surface area contributed by atoms with Gasteiger partial charge in [-0.25, -0.2) is 0 Å². The molecule has 0 bridgehead atoms. The lowest BCUT2D eigenvalue weighted by Gasteiger charge is -2.35. The summed E-state index contributed by atoms with van der Waals surface area (Å²) in [6.45, 7) is 1.99. The number of ether oxygens (including phenoxy) is 1. The van der Waals surface area contributed by atoms with Crippen molar-refractivity contribution in [2.45, 2.75) is 6.42 Å². The predicted octanol–water partition coefficient (Wildman–Crippen LogP) is 2.27. The zero-order valence-corrected chi connectivity index (χ0v) is 12.2. The normalized spacial score (nSPS) is 14.9. The lowest BCUT2D eigenvalue weighted by Crippen LogP contribution is -2.44. The number of amides is 1. The molecule has 0 fully saturated rings. The van der Waals surface area contributed by atoms with Gasteiger partial charge in [-0.05, 0) is 24.6 Å². The fraction of sp³-hybridized carbons (Fsp3) is 0.462. The first-order valence-electron chi connectivity index (χ1n) is 5.93. The second kappa shape index (κ2) is 5.71. The van der Waals surface area contributed by atoms with Crippen LogP contribution >= 0.6 is 15.9 Å². The molecule has 0 unspecified atom stereocenters. The van der Waals surface area contributed by atoms with Crippen molar-refractivity contribution < 1.29 is 9.53 Å². The predicted molar refractivity (Wildman–Crippen MR) is 76.3 cm³/mol. The number of hydrogen-bond acceptors (Lipinski definition) is 3. The van der Waals surface area contributed by atoms with Crippen LogP contribution in [0.4, 0.5) is 11.4 Å². The van der Waals surface area contributed by atoms with Crippen molar-refractivity contribution in [1.82, 2.24) is 0 Å². The molecule has 1 heterocycles. The largest absolute Gasteiger partial charge is 0.385 e. The lowest BCUT2D eigenvalue weighted by molar-refractivity contribution is -0.117. The Labute approximate surface area is 116 Å². The summed E-state index contributed by atoms with van der Waals surface area (Å²) in [5.74, 6) is 0.123. The Morgan fingerprint density at radius 1 is 1.39 bits per heavy atom. The number of benzene rings is 1. The van der Waals surface area contributed by atoms with Crippen LogP contribution in [0.1, 0.15) is 6.42 Å². The van der Waals surface area contributed by atoms with Gasteiger partial charge >= 0.3 is 0 Å². The van der Waals surface area contributed by atoms with Gasteiger partial charge in [-0.1, -0.05) is 15.9 Å². The molecule has 5 heteroatoms. The molecule has 1 aliphatic rings. The molecule has 1 aliphatic heterocycles. The first kappa shape index (κ1) is 13.4. The van der Waals surface area contributed by atoms with Crippen molar-refractivity contribution in [2.24, 2.45) is 0 Å². The molecule has 0 atom stereocenters. The Hall–Kier alpha value is -1.07. The van der Waals surface area contributed by atoms with E-state index < -0.39 is 0 Å². The molecule has 0 aromatic heterocycles. The summed E-state index contributed by atoms with van der Waals surface area (Å²) in [5, 5.41) is 0. The van der Waals surface area contributed by atoms with Crippen molar-refractivity contribution in [1.29, 1.82) is 0 Å². The highest BCUT2D eigenvalue weighted by molar-refractivity contribution is 9.10. The highest BCUT2D eigenvalue weighted by Crippen LogP contribution is 2.34. The molecule has 0 aliphatic carbocycles. The van der Waals surface area contributed by atoms with E-state index in [-0.39, 0.29) is 5.91 Å². The third kappa shape index (κ3) is 2.67. The molecule has 98 valence electrons. The van der Waals surface area contributed by atoms with Crippen molar-refractivity contribution >= 4 is 33.2 Å². The maximum Gasteiger partial charge on any atom is 0.246 e. The summed E-state index contributed by atoms with van der Waals surface area (Å²) < 4.78 is 6.04. The van der Waals surface area contributed by atoms with Gasteiger partial charge in [0.15, 0.2) is 0 Å². The molecule has 1 aromatic carbocycles. The van der Waals surface area contributed by atoms with E-state index >= 15 is 0 Å². The summed E-state index contributed by atoms with van der Waals surface area (Å²) in [7, 11) is 3.51. The summed E-state index contributed by atoms with van der Waals surface area (Å²) in [6.07, 6.45) is 0.920. The highest BCUT2D eigenvalue weighted by atomic mass is 79.9. The van der Waals surface area contributed by atoms with Crippen LogP contribution in [0.15, 0.2) is 22.7 Å². The van der Waals surface area contributed by atoms with E-state index in [4.69, 9.17) is 4.74 Å². The minimum absolute atomic E-state index is 0.123. The van der Waals surface area contributed by atoms with Gasteiger partial charge in [0.25, 0.3) is 0 Å². The second-order valence-electron chi connectivity index (χ2n) is 4.35.